The Morgan fingerprint density at radius 1 is 1.50 bits per heavy atom. The van der Waals surface area contributed by atoms with Gasteiger partial charge in [0.2, 0.25) is 5.91 Å². The first-order chi connectivity index (χ1) is 10.5. The van der Waals surface area contributed by atoms with Gasteiger partial charge in [0.15, 0.2) is 0 Å². The Labute approximate surface area is 136 Å². The van der Waals surface area contributed by atoms with Crippen LogP contribution in [0.2, 0.25) is 5.02 Å². The standard InChI is InChI=1S/C16H24ClN3O2/c1-10-3-4-14(13(17)5-10)20-16(22)6-11(2)19-8-12-7-18-9-15(12)21/h3-5,11-12,15,18-19,21H,6-9H2,1-2H3,(H,20,22). The summed E-state index contributed by atoms with van der Waals surface area (Å²) in [5.74, 6) is 0.132. The highest BCUT2D eigenvalue weighted by Gasteiger charge is 2.25. The highest BCUT2D eigenvalue weighted by molar-refractivity contribution is 6.33. The highest BCUT2D eigenvalue weighted by atomic mass is 35.5. The van der Waals surface area contributed by atoms with E-state index >= 15 is 0 Å². The van der Waals surface area contributed by atoms with Crippen molar-refractivity contribution in [3.63, 3.8) is 0 Å². The summed E-state index contributed by atoms with van der Waals surface area (Å²) in [6.07, 6.45) is 0.0559. The first-order valence-electron chi connectivity index (χ1n) is 7.64. The van der Waals surface area contributed by atoms with Gasteiger partial charge in [-0.25, -0.2) is 0 Å². The molecule has 0 aliphatic carbocycles. The Balaban J connectivity index is 1.76. The van der Waals surface area contributed by atoms with Crippen LogP contribution in [0, 0.1) is 12.8 Å². The molecular weight excluding hydrogens is 302 g/mol. The summed E-state index contributed by atoms with van der Waals surface area (Å²) in [7, 11) is 0. The summed E-state index contributed by atoms with van der Waals surface area (Å²) in [4.78, 5) is 12.0. The smallest absolute Gasteiger partial charge is 0.225 e. The van der Waals surface area contributed by atoms with Crippen molar-refractivity contribution in [2.45, 2.75) is 32.4 Å². The number of β-amino-alcohol motifs (C(OH)–C–C–N with tert-alkyl or cyclic N) is 1. The van der Waals surface area contributed by atoms with Crippen LogP contribution in [0.4, 0.5) is 5.69 Å². The summed E-state index contributed by atoms with van der Waals surface area (Å²) in [6, 6.07) is 5.59. The average Bonchev–Trinajstić information content (AvgIpc) is 2.85. The van der Waals surface area contributed by atoms with Crippen LogP contribution in [-0.2, 0) is 4.79 Å². The molecule has 0 radical (unpaired) electrons. The van der Waals surface area contributed by atoms with Crippen LogP contribution in [0.5, 0.6) is 0 Å². The Hall–Kier alpha value is -1.14. The first kappa shape index (κ1) is 17.2. The lowest BCUT2D eigenvalue weighted by Crippen LogP contribution is -2.37. The summed E-state index contributed by atoms with van der Waals surface area (Å²) in [5, 5.41) is 19.6. The van der Waals surface area contributed by atoms with Gasteiger partial charge in [-0.2, -0.15) is 0 Å². The molecule has 1 aromatic carbocycles. The molecule has 122 valence electrons. The highest BCUT2D eigenvalue weighted by Crippen LogP contribution is 2.22. The minimum absolute atomic E-state index is 0.0389. The van der Waals surface area contributed by atoms with E-state index in [0.29, 0.717) is 30.2 Å². The van der Waals surface area contributed by atoms with E-state index in [1.807, 2.05) is 32.0 Å². The lowest BCUT2D eigenvalue weighted by Gasteiger charge is -2.18. The lowest BCUT2D eigenvalue weighted by molar-refractivity contribution is -0.116. The fourth-order valence-corrected chi connectivity index (χ4v) is 2.84. The SMILES string of the molecule is Cc1ccc(NC(=O)CC(C)NCC2CNCC2O)c(Cl)c1. The predicted molar refractivity (Wildman–Crippen MR) is 89.3 cm³/mol. The van der Waals surface area contributed by atoms with Crippen molar-refractivity contribution >= 4 is 23.2 Å². The molecule has 3 unspecified atom stereocenters. The molecule has 0 spiro atoms. The zero-order valence-electron chi connectivity index (χ0n) is 13.0. The van der Waals surface area contributed by atoms with Crippen molar-refractivity contribution in [2.75, 3.05) is 25.0 Å². The molecule has 3 atom stereocenters. The second kappa shape index (κ2) is 7.92. The number of nitrogens with one attached hydrogen (secondary N) is 3. The van der Waals surface area contributed by atoms with Crippen molar-refractivity contribution in [3.8, 4) is 0 Å². The molecule has 4 N–H and O–H groups in total. The van der Waals surface area contributed by atoms with E-state index in [2.05, 4.69) is 16.0 Å². The van der Waals surface area contributed by atoms with Gasteiger partial charge in [-0.3, -0.25) is 4.79 Å². The van der Waals surface area contributed by atoms with Crippen molar-refractivity contribution < 1.29 is 9.90 Å². The van der Waals surface area contributed by atoms with Crippen LogP contribution in [0.1, 0.15) is 18.9 Å². The number of anilines is 1. The molecule has 2 rings (SSSR count). The Bertz CT molecular complexity index is 524. The summed E-state index contributed by atoms with van der Waals surface area (Å²) in [6.45, 7) is 6.08. The predicted octanol–water partition coefficient (Wildman–Crippen LogP) is 1.54. The third kappa shape index (κ3) is 4.95. The maximum Gasteiger partial charge on any atom is 0.225 e. The molecule has 22 heavy (non-hydrogen) atoms. The number of carbonyl (C=O) groups is 1. The molecule has 6 heteroatoms. The third-order valence-electron chi connectivity index (χ3n) is 3.92. The van der Waals surface area contributed by atoms with E-state index in [9.17, 15) is 9.90 Å². The maximum atomic E-state index is 12.0. The van der Waals surface area contributed by atoms with E-state index in [0.717, 1.165) is 12.1 Å². The number of aryl methyl sites for hydroxylation is 1. The lowest BCUT2D eigenvalue weighted by atomic mass is 10.1. The van der Waals surface area contributed by atoms with Crippen LogP contribution in [0.3, 0.4) is 0 Å². The van der Waals surface area contributed by atoms with Gasteiger partial charge in [-0.15, -0.1) is 0 Å². The number of halogens is 1. The molecule has 0 saturated carbocycles. The molecule has 1 aromatic rings. The molecule has 1 aliphatic heterocycles. The second-order valence-corrected chi connectivity index (χ2v) is 6.44. The third-order valence-corrected chi connectivity index (χ3v) is 4.24. The maximum absolute atomic E-state index is 12.0. The number of rotatable bonds is 6. The zero-order valence-corrected chi connectivity index (χ0v) is 13.8. The van der Waals surface area contributed by atoms with E-state index in [1.54, 1.807) is 0 Å². The van der Waals surface area contributed by atoms with Gasteiger partial charge in [0.1, 0.15) is 0 Å². The molecule has 1 saturated heterocycles. The molecule has 1 amide bonds. The van der Waals surface area contributed by atoms with E-state index in [4.69, 9.17) is 11.6 Å². The molecule has 0 bridgehead atoms. The molecule has 1 fully saturated rings. The van der Waals surface area contributed by atoms with Crippen molar-refractivity contribution in [3.05, 3.63) is 28.8 Å². The number of carbonyl (C=O) groups excluding carboxylic acids is 1. The summed E-state index contributed by atoms with van der Waals surface area (Å²) < 4.78 is 0. The Morgan fingerprint density at radius 3 is 2.91 bits per heavy atom. The molecule has 0 aromatic heterocycles. The monoisotopic (exact) mass is 325 g/mol. The van der Waals surface area contributed by atoms with Crippen LogP contribution in [0.25, 0.3) is 0 Å². The van der Waals surface area contributed by atoms with Gasteiger partial charge in [0.25, 0.3) is 0 Å². The number of hydrogen-bond donors (Lipinski definition) is 4. The Morgan fingerprint density at radius 2 is 2.27 bits per heavy atom. The van der Waals surface area contributed by atoms with Crippen LogP contribution < -0.4 is 16.0 Å². The zero-order chi connectivity index (χ0) is 16.1. The fourth-order valence-electron chi connectivity index (χ4n) is 2.55. The number of aliphatic hydroxyl groups excluding tert-OH is 1. The number of aliphatic hydroxyl groups is 1. The van der Waals surface area contributed by atoms with Crippen molar-refractivity contribution in [1.82, 2.24) is 10.6 Å². The molecular formula is C16H24ClN3O2. The number of amides is 1. The fraction of sp³-hybridized carbons (Fsp3) is 0.562. The summed E-state index contributed by atoms with van der Waals surface area (Å²) in [5.41, 5.74) is 1.70. The van der Waals surface area contributed by atoms with E-state index in [-0.39, 0.29) is 24.0 Å². The second-order valence-electron chi connectivity index (χ2n) is 6.03. The van der Waals surface area contributed by atoms with E-state index < -0.39 is 0 Å². The van der Waals surface area contributed by atoms with Crippen LogP contribution in [-0.4, -0.2) is 42.8 Å². The van der Waals surface area contributed by atoms with Gasteiger partial charge >= 0.3 is 0 Å². The minimum Gasteiger partial charge on any atom is -0.391 e. The first-order valence-corrected chi connectivity index (χ1v) is 8.01. The number of hydrogen-bond acceptors (Lipinski definition) is 4. The van der Waals surface area contributed by atoms with Crippen LogP contribution >= 0.6 is 11.6 Å². The minimum atomic E-state index is -0.306. The summed E-state index contributed by atoms with van der Waals surface area (Å²) >= 11 is 6.11. The number of benzene rings is 1. The van der Waals surface area contributed by atoms with Gasteiger partial charge in [-0.05, 0) is 31.5 Å². The van der Waals surface area contributed by atoms with Crippen molar-refractivity contribution in [2.24, 2.45) is 5.92 Å². The molecule has 1 aliphatic rings. The molecule has 5 nitrogen and oxygen atoms in total. The largest absolute Gasteiger partial charge is 0.391 e. The van der Waals surface area contributed by atoms with Gasteiger partial charge in [0, 0.05) is 38.0 Å². The average molecular weight is 326 g/mol. The van der Waals surface area contributed by atoms with Crippen molar-refractivity contribution in [1.29, 1.82) is 0 Å². The van der Waals surface area contributed by atoms with Gasteiger partial charge < -0.3 is 21.1 Å². The van der Waals surface area contributed by atoms with Crippen LogP contribution in [0.15, 0.2) is 18.2 Å². The van der Waals surface area contributed by atoms with Gasteiger partial charge in [0.05, 0.1) is 16.8 Å². The molecule has 1 heterocycles. The van der Waals surface area contributed by atoms with Gasteiger partial charge in [-0.1, -0.05) is 17.7 Å². The Kier molecular flexibility index (Phi) is 6.20. The quantitative estimate of drug-likeness (QED) is 0.640. The van der Waals surface area contributed by atoms with E-state index in [1.165, 1.54) is 0 Å². The normalized spacial score (nSPS) is 22.5. The topological polar surface area (TPSA) is 73.4 Å².